The zero-order chi connectivity index (χ0) is 18.9. The van der Waals surface area contributed by atoms with E-state index < -0.39 is 0 Å². The molecule has 0 radical (unpaired) electrons. The molecule has 1 saturated heterocycles. The maximum atomic E-state index is 13.1. The number of hydrogen-bond acceptors (Lipinski definition) is 6. The van der Waals surface area contributed by atoms with Crippen molar-refractivity contribution in [3.05, 3.63) is 39.7 Å². The third-order valence-corrected chi connectivity index (χ3v) is 7.96. The standard InChI is InChI=1S/C21H24N4OS2/c26-20(18-14-15-6-3-1-2-4-8-17(15)27-18)24-10-12-25(13-11-24)21-23-16-7-5-9-22-19(16)28-21/h5,7,9,14H,1-4,6,8,10-13H2. The van der Waals surface area contributed by atoms with E-state index in [-0.39, 0.29) is 5.91 Å². The quantitative estimate of drug-likeness (QED) is 0.627. The number of pyridine rings is 1. The monoisotopic (exact) mass is 412 g/mol. The maximum Gasteiger partial charge on any atom is 0.264 e. The molecule has 0 unspecified atom stereocenters. The first kappa shape index (κ1) is 18.1. The second-order valence-electron chi connectivity index (χ2n) is 7.58. The van der Waals surface area contributed by atoms with Gasteiger partial charge in [-0.25, -0.2) is 9.97 Å². The molecule has 1 aliphatic heterocycles. The van der Waals surface area contributed by atoms with Crippen LogP contribution in [0.15, 0.2) is 24.4 Å². The molecule has 0 N–H and O–H groups in total. The zero-order valence-corrected chi connectivity index (χ0v) is 17.5. The average Bonchev–Trinajstić information content (AvgIpc) is 3.31. The molecule has 0 spiro atoms. The van der Waals surface area contributed by atoms with Crippen molar-refractivity contribution in [3.63, 3.8) is 0 Å². The topological polar surface area (TPSA) is 49.3 Å². The molecule has 0 atom stereocenters. The molecule has 5 rings (SSSR count). The van der Waals surface area contributed by atoms with Crippen LogP contribution in [0, 0.1) is 0 Å². The van der Waals surface area contributed by atoms with Gasteiger partial charge in [-0.15, -0.1) is 11.3 Å². The lowest BCUT2D eigenvalue weighted by Gasteiger charge is -2.34. The van der Waals surface area contributed by atoms with Crippen molar-refractivity contribution in [1.82, 2.24) is 14.9 Å². The third-order valence-electron chi connectivity index (χ3n) is 5.70. The number of anilines is 1. The van der Waals surface area contributed by atoms with Crippen LogP contribution in [0.1, 0.15) is 45.8 Å². The highest BCUT2D eigenvalue weighted by Gasteiger charge is 2.26. The number of hydrogen-bond donors (Lipinski definition) is 0. The molecule has 5 nitrogen and oxygen atoms in total. The molecule has 1 aliphatic carbocycles. The van der Waals surface area contributed by atoms with E-state index in [1.807, 2.05) is 23.2 Å². The van der Waals surface area contributed by atoms with Gasteiger partial charge in [0.1, 0.15) is 10.3 Å². The van der Waals surface area contributed by atoms with Crippen LogP contribution in [0.4, 0.5) is 5.13 Å². The molecule has 4 heterocycles. The highest BCUT2D eigenvalue weighted by molar-refractivity contribution is 7.21. The zero-order valence-electron chi connectivity index (χ0n) is 15.9. The van der Waals surface area contributed by atoms with Crippen LogP contribution in [0.25, 0.3) is 10.3 Å². The summed E-state index contributed by atoms with van der Waals surface area (Å²) in [4.78, 5) is 29.8. The molecule has 2 aliphatic rings. The minimum atomic E-state index is 0.211. The number of nitrogens with zero attached hydrogens (tertiary/aromatic N) is 4. The molecule has 28 heavy (non-hydrogen) atoms. The number of thiophene rings is 1. The van der Waals surface area contributed by atoms with E-state index in [0.29, 0.717) is 0 Å². The summed E-state index contributed by atoms with van der Waals surface area (Å²) in [5.74, 6) is 0.211. The van der Waals surface area contributed by atoms with E-state index >= 15 is 0 Å². The van der Waals surface area contributed by atoms with Gasteiger partial charge in [0.2, 0.25) is 0 Å². The van der Waals surface area contributed by atoms with E-state index in [2.05, 4.69) is 16.0 Å². The summed E-state index contributed by atoms with van der Waals surface area (Å²) < 4.78 is 0. The summed E-state index contributed by atoms with van der Waals surface area (Å²) >= 11 is 3.37. The summed E-state index contributed by atoms with van der Waals surface area (Å²) in [5.41, 5.74) is 2.38. The number of rotatable bonds is 2. The number of piperazine rings is 1. The molecule has 3 aromatic heterocycles. The van der Waals surface area contributed by atoms with Crippen molar-refractivity contribution in [2.24, 2.45) is 0 Å². The molecular formula is C21H24N4OS2. The van der Waals surface area contributed by atoms with Crippen molar-refractivity contribution in [2.75, 3.05) is 31.1 Å². The van der Waals surface area contributed by atoms with Gasteiger partial charge in [0.25, 0.3) is 5.91 Å². The lowest BCUT2D eigenvalue weighted by molar-refractivity contribution is 0.0751. The van der Waals surface area contributed by atoms with Gasteiger partial charge in [0.15, 0.2) is 5.13 Å². The number of aryl methyl sites for hydroxylation is 2. The van der Waals surface area contributed by atoms with Crippen LogP contribution < -0.4 is 4.90 Å². The Morgan fingerprint density at radius 3 is 2.64 bits per heavy atom. The Hall–Kier alpha value is -1.99. The second kappa shape index (κ2) is 7.79. The molecule has 1 fully saturated rings. The molecule has 1 amide bonds. The fourth-order valence-corrected chi connectivity index (χ4v) is 6.28. The van der Waals surface area contributed by atoms with Gasteiger partial charge in [-0.05, 0) is 49.4 Å². The van der Waals surface area contributed by atoms with E-state index in [1.54, 1.807) is 22.7 Å². The highest BCUT2D eigenvalue weighted by Crippen LogP contribution is 2.31. The predicted octanol–water partition coefficient (Wildman–Crippen LogP) is 4.37. The van der Waals surface area contributed by atoms with Crippen LogP contribution in [0.2, 0.25) is 0 Å². The molecule has 3 aromatic rings. The second-order valence-corrected chi connectivity index (χ2v) is 9.67. The number of aromatic nitrogens is 2. The number of thiazole rings is 1. The van der Waals surface area contributed by atoms with Gasteiger partial charge in [-0.2, -0.15) is 0 Å². The SMILES string of the molecule is O=C(c1cc2c(s1)CCCCCC2)N1CCN(c2nc3cccnc3s2)CC1. The molecule has 0 saturated carbocycles. The molecule has 7 heteroatoms. The Morgan fingerprint density at radius 1 is 1.00 bits per heavy atom. The fraction of sp³-hybridized carbons (Fsp3) is 0.476. The van der Waals surface area contributed by atoms with Gasteiger partial charge >= 0.3 is 0 Å². The summed E-state index contributed by atoms with van der Waals surface area (Å²) in [6, 6.07) is 6.11. The minimum absolute atomic E-state index is 0.211. The third kappa shape index (κ3) is 3.53. The summed E-state index contributed by atoms with van der Waals surface area (Å²) in [6.07, 6.45) is 9.26. The van der Waals surface area contributed by atoms with Crippen LogP contribution >= 0.6 is 22.7 Å². The van der Waals surface area contributed by atoms with E-state index in [1.165, 1.54) is 36.1 Å². The van der Waals surface area contributed by atoms with Crippen molar-refractivity contribution in [2.45, 2.75) is 38.5 Å². The van der Waals surface area contributed by atoms with E-state index in [4.69, 9.17) is 4.98 Å². The van der Waals surface area contributed by atoms with Crippen molar-refractivity contribution < 1.29 is 4.79 Å². The van der Waals surface area contributed by atoms with E-state index in [0.717, 1.165) is 59.4 Å². The Kier molecular flexibility index (Phi) is 5.03. The predicted molar refractivity (Wildman–Crippen MR) is 116 cm³/mol. The lowest BCUT2D eigenvalue weighted by atomic mass is 10.00. The van der Waals surface area contributed by atoms with Crippen molar-refractivity contribution >= 4 is 44.1 Å². The highest BCUT2D eigenvalue weighted by atomic mass is 32.1. The van der Waals surface area contributed by atoms with Crippen LogP contribution in [-0.2, 0) is 12.8 Å². The molecular weight excluding hydrogens is 388 g/mol. The number of carbonyl (C=O) groups is 1. The van der Waals surface area contributed by atoms with Crippen LogP contribution in [0.5, 0.6) is 0 Å². The average molecular weight is 413 g/mol. The minimum Gasteiger partial charge on any atom is -0.344 e. The Balaban J connectivity index is 1.26. The Bertz CT molecular complexity index is 929. The summed E-state index contributed by atoms with van der Waals surface area (Å²) in [5, 5.41) is 1.01. The van der Waals surface area contributed by atoms with Gasteiger partial charge in [-0.3, -0.25) is 4.79 Å². The van der Waals surface area contributed by atoms with Gasteiger partial charge in [0, 0.05) is 37.3 Å². The first-order valence-corrected chi connectivity index (χ1v) is 11.8. The first-order chi connectivity index (χ1) is 13.8. The van der Waals surface area contributed by atoms with Crippen LogP contribution in [-0.4, -0.2) is 47.0 Å². The van der Waals surface area contributed by atoms with Crippen molar-refractivity contribution in [1.29, 1.82) is 0 Å². The summed E-state index contributed by atoms with van der Waals surface area (Å²) in [7, 11) is 0. The van der Waals surface area contributed by atoms with E-state index in [9.17, 15) is 4.79 Å². The smallest absolute Gasteiger partial charge is 0.264 e. The Morgan fingerprint density at radius 2 is 1.82 bits per heavy atom. The number of amides is 1. The molecule has 0 bridgehead atoms. The van der Waals surface area contributed by atoms with Crippen LogP contribution in [0.3, 0.4) is 0 Å². The Labute approximate surface area is 173 Å². The van der Waals surface area contributed by atoms with Crippen molar-refractivity contribution in [3.8, 4) is 0 Å². The lowest BCUT2D eigenvalue weighted by Crippen LogP contribution is -2.48. The number of fused-ring (bicyclic) bond motifs is 2. The van der Waals surface area contributed by atoms with Gasteiger partial charge in [-0.1, -0.05) is 24.2 Å². The normalized spacial score (nSPS) is 18.0. The largest absolute Gasteiger partial charge is 0.344 e. The number of carbonyl (C=O) groups excluding carboxylic acids is 1. The summed E-state index contributed by atoms with van der Waals surface area (Å²) in [6.45, 7) is 3.17. The fourth-order valence-electron chi connectivity index (χ4n) is 4.10. The van der Waals surface area contributed by atoms with Gasteiger partial charge in [0.05, 0.1) is 4.88 Å². The van der Waals surface area contributed by atoms with Gasteiger partial charge < -0.3 is 9.80 Å². The molecule has 0 aromatic carbocycles. The molecule has 146 valence electrons. The first-order valence-electron chi connectivity index (χ1n) is 10.2. The maximum absolute atomic E-state index is 13.1.